The first-order valence-electron chi connectivity index (χ1n) is 14.5. The number of carbonyl (C=O) groups is 3. The SMILES string of the molecule is C/C(=C(\c1nccn1-c1ccc(C#N)cc1)N(C=O)C(=O)NC1CCN(C(=O)CN(C)C)CC1)N(C)c1cccc(C(F)(F)F)c1. The number of nitriles is 1. The highest BCUT2D eigenvalue weighted by molar-refractivity contribution is 5.96. The molecule has 0 radical (unpaired) electrons. The van der Waals surface area contributed by atoms with E-state index in [2.05, 4.69) is 10.3 Å². The Morgan fingerprint density at radius 2 is 1.78 bits per heavy atom. The number of nitrogens with zero attached hydrogens (tertiary/aromatic N) is 7. The number of carbonyl (C=O) groups excluding carboxylic acids is 3. The normalized spacial score (nSPS) is 14.4. The molecule has 4 rings (SSSR count). The number of allylic oxidation sites excluding steroid dienone is 1. The lowest BCUT2D eigenvalue weighted by Gasteiger charge is -2.34. The molecule has 0 aliphatic carbocycles. The number of anilines is 1. The van der Waals surface area contributed by atoms with Crippen LogP contribution in [0.4, 0.5) is 23.7 Å². The van der Waals surface area contributed by atoms with E-state index in [0.29, 0.717) is 43.6 Å². The minimum atomic E-state index is -4.58. The molecule has 4 amide bonds. The Bertz CT molecular complexity index is 1630. The lowest BCUT2D eigenvalue weighted by molar-refractivity contribution is -0.137. The second-order valence-electron chi connectivity index (χ2n) is 11.1. The standard InChI is InChI=1S/C32H35F3N8O3/c1-22(40(4)27-7-5-6-24(18-27)32(33,34)35)29(30-37-14-17-42(30)26-10-8-23(19-36)9-11-26)43(21-44)31(46)38-25-12-15-41(16-13-25)28(45)20-39(2)3/h5-11,14,17-18,21,25H,12-13,15-16,20H2,1-4H3,(H,38,46)/b29-22-. The molecule has 1 saturated heterocycles. The maximum Gasteiger partial charge on any atom is 0.416 e. The number of hydrogen-bond acceptors (Lipinski definition) is 7. The number of piperidine rings is 1. The first-order chi connectivity index (χ1) is 21.8. The summed E-state index contributed by atoms with van der Waals surface area (Å²) in [5.74, 6) is 0.143. The number of imide groups is 1. The van der Waals surface area contributed by atoms with E-state index < -0.39 is 17.8 Å². The van der Waals surface area contributed by atoms with Crippen molar-refractivity contribution in [1.82, 2.24) is 29.6 Å². The molecule has 14 heteroatoms. The Hall–Kier alpha value is -5.16. The third-order valence-corrected chi connectivity index (χ3v) is 7.73. The van der Waals surface area contributed by atoms with Crippen LogP contribution in [0.3, 0.4) is 0 Å². The summed E-state index contributed by atoms with van der Waals surface area (Å²) in [6, 6.07) is 12.2. The van der Waals surface area contributed by atoms with Crippen molar-refractivity contribution < 1.29 is 27.6 Å². The first kappa shape index (κ1) is 33.7. The van der Waals surface area contributed by atoms with E-state index in [1.165, 1.54) is 30.3 Å². The van der Waals surface area contributed by atoms with E-state index in [4.69, 9.17) is 0 Å². The predicted octanol–water partition coefficient (Wildman–Crippen LogP) is 4.31. The van der Waals surface area contributed by atoms with Crippen molar-refractivity contribution in [1.29, 1.82) is 5.26 Å². The third kappa shape index (κ3) is 7.73. The Kier molecular flexibility index (Phi) is 10.5. The largest absolute Gasteiger partial charge is 0.416 e. The van der Waals surface area contributed by atoms with Gasteiger partial charge in [-0.25, -0.2) is 14.7 Å². The molecule has 46 heavy (non-hydrogen) atoms. The fourth-order valence-corrected chi connectivity index (χ4v) is 5.16. The molecule has 1 aliphatic rings. The number of likely N-dealkylation sites (tertiary alicyclic amines) is 1. The number of hydrogen-bond donors (Lipinski definition) is 1. The zero-order valence-corrected chi connectivity index (χ0v) is 26.0. The van der Waals surface area contributed by atoms with Gasteiger partial charge >= 0.3 is 12.2 Å². The molecule has 1 aliphatic heterocycles. The van der Waals surface area contributed by atoms with Crippen molar-refractivity contribution >= 4 is 29.7 Å². The fraction of sp³-hybridized carbons (Fsp3) is 0.344. The number of benzene rings is 2. The van der Waals surface area contributed by atoms with Gasteiger partial charge in [-0.2, -0.15) is 18.4 Å². The summed E-state index contributed by atoms with van der Waals surface area (Å²) in [6.07, 6.45) is -0.229. The van der Waals surface area contributed by atoms with Gasteiger partial charge in [0.25, 0.3) is 0 Å². The molecular weight excluding hydrogens is 601 g/mol. The first-order valence-corrected chi connectivity index (χ1v) is 14.5. The van der Waals surface area contributed by atoms with Gasteiger partial charge in [0.1, 0.15) is 5.70 Å². The zero-order valence-electron chi connectivity index (χ0n) is 26.0. The second-order valence-corrected chi connectivity index (χ2v) is 11.1. The lowest BCUT2D eigenvalue weighted by atomic mass is 10.1. The Balaban J connectivity index is 1.71. The average molecular weight is 637 g/mol. The van der Waals surface area contributed by atoms with Crippen LogP contribution in [-0.2, 0) is 15.8 Å². The summed E-state index contributed by atoms with van der Waals surface area (Å²) in [5, 5.41) is 12.1. The van der Waals surface area contributed by atoms with Crippen molar-refractivity contribution in [3.63, 3.8) is 0 Å². The highest BCUT2D eigenvalue weighted by Crippen LogP contribution is 2.34. The van der Waals surface area contributed by atoms with Crippen LogP contribution in [0.2, 0.25) is 0 Å². The summed E-state index contributed by atoms with van der Waals surface area (Å²) in [7, 11) is 5.15. The van der Waals surface area contributed by atoms with Crippen molar-refractivity contribution in [3.8, 4) is 11.8 Å². The van der Waals surface area contributed by atoms with Gasteiger partial charge in [0.05, 0.1) is 23.7 Å². The van der Waals surface area contributed by atoms with Crippen molar-refractivity contribution in [2.24, 2.45) is 0 Å². The van der Waals surface area contributed by atoms with Gasteiger partial charge in [-0.1, -0.05) is 6.07 Å². The quantitative estimate of drug-likeness (QED) is 0.348. The van der Waals surface area contributed by atoms with Crippen LogP contribution in [0.25, 0.3) is 11.4 Å². The van der Waals surface area contributed by atoms with E-state index in [1.54, 1.807) is 51.8 Å². The molecule has 0 atom stereocenters. The predicted molar refractivity (Wildman–Crippen MR) is 165 cm³/mol. The highest BCUT2D eigenvalue weighted by Gasteiger charge is 2.33. The molecule has 1 N–H and O–H groups in total. The van der Waals surface area contributed by atoms with Crippen LogP contribution in [0.5, 0.6) is 0 Å². The van der Waals surface area contributed by atoms with E-state index >= 15 is 0 Å². The molecule has 0 spiro atoms. The average Bonchev–Trinajstić information content (AvgIpc) is 3.52. The molecule has 2 heterocycles. The number of rotatable bonds is 9. The van der Waals surface area contributed by atoms with Crippen molar-refractivity contribution in [3.05, 3.63) is 83.6 Å². The van der Waals surface area contributed by atoms with E-state index in [1.807, 2.05) is 20.2 Å². The Labute approximate surface area is 265 Å². The van der Waals surface area contributed by atoms with Gasteiger partial charge < -0.3 is 20.0 Å². The second kappa shape index (κ2) is 14.3. The van der Waals surface area contributed by atoms with Crippen molar-refractivity contribution in [2.45, 2.75) is 32.0 Å². The number of likely N-dealkylation sites (N-methyl/N-ethyl adjacent to an activating group) is 1. The van der Waals surface area contributed by atoms with Crippen LogP contribution in [0.1, 0.15) is 36.7 Å². The number of amides is 4. The van der Waals surface area contributed by atoms with Crippen LogP contribution in [-0.4, -0.2) is 89.4 Å². The van der Waals surface area contributed by atoms with Crippen LogP contribution in [0.15, 0.2) is 66.6 Å². The molecule has 11 nitrogen and oxygen atoms in total. The van der Waals surface area contributed by atoms with Crippen LogP contribution >= 0.6 is 0 Å². The van der Waals surface area contributed by atoms with E-state index in [9.17, 15) is 32.8 Å². The number of halogens is 3. The molecule has 3 aromatic rings. The maximum atomic E-state index is 13.7. The topological polar surface area (TPSA) is 118 Å². The molecular formula is C32H35F3N8O3. The summed E-state index contributed by atoms with van der Waals surface area (Å²) >= 11 is 0. The molecule has 242 valence electrons. The van der Waals surface area contributed by atoms with Crippen molar-refractivity contribution in [2.75, 3.05) is 45.7 Å². The summed E-state index contributed by atoms with van der Waals surface area (Å²) < 4.78 is 42.3. The number of urea groups is 1. The lowest BCUT2D eigenvalue weighted by Crippen LogP contribution is -2.51. The van der Waals surface area contributed by atoms with Gasteiger partial charge in [0, 0.05) is 55.6 Å². The van der Waals surface area contributed by atoms with Crippen LogP contribution < -0.4 is 10.2 Å². The monoisotopic (exact) mass is 636 g/mol. The van der Waals surface area contributed by atoms with Gasteiger partial charge in [-0.3, -0.25) is 14.2 Å². The minimum Gasteiger partial charge on any atom is -0.346 e. The van der Waals surface area contributed by atoms with E-state index in [0.717, 1.165) is 17.0 Å². The number of nitrogens with one attached hydrogen (secondary N) is 1. The molecule has 1 fully saturated rings. The highest BCUT2D eigenvalue weighted by atomic mass is 19.4. The van der Waals surface area contributed by atoms with Gasteiger partial charge in [0.15, 0.2) is 5.82 Å². The third-order valence-electron chi connectivity index (χ3n) is 7.73. The van der Waals surface area contributed by atoms with Gasteiger partial charge in [-0.05, 0) is 76.3 Å². The van der Waals surface area contributed by atoms with Gasteiger partial charge in [0.2, 0.25) is 12.3 Å². The van der Waals surface area contributed by atoms with Crippen LogP contribution in [0, 0.1) is 11.3 Å². The molecule has 0 saturated carbocycles. The fourth-order valence-electron chi connectivity index (χ4n) is 5.16. The molecule has 0 bridgehead atoms. The molecule has 2 aromatic carbocycles. The number of imidazole rings is 1. The number of aromatic nitrogens is 2. The Morgan fingerprint density at radius 3 is 2.37 bits per heavy atom. The Morgan fingerprint density at radius 1 is 1.11 bits per heavy atom. The smallest absolute Gasteiger partial charge is 0.346 e. The van der Waals surface area contributed by atoms with E-state index in [-0.39, 0.29) is 41.4 Å². The summed E-state index contributed by atoms with van der Waals surface area (Å²) in [6.45, 7) is 2.71. The zero-order chi connectivity index (χ0) is 33.6. The maximum absolute atomic E-state index is 13.7. The number of alkyl halides is 3. The molecule has 1 aromatic heterocycles. The molecule has 0 unspecified atom stereocenters. The summed E-state index contributed by atoms with van der Waals surface area (Å²) in [5.41, 5.74) is 0.588. The van der Waals surface area contributed by atoms with Gasteiger partial charge in [-0.15, -0.1) is 0 Å². The summed E-state index contributed by atoms with van der Waals surface area (Å²) in [4.78, 5) is 49.2. The minimum absolute atomic E-state index is 0.0163.